The Balaban J connectivity index is 1.68. The number of rotatable bonds is 3. The van der Waals surface area contributed by atoms with Gasteiger partial charge in [-0.25, -0.2) is 8.42 Å². The van der Waals surface area contributed by atoms with Gasteiger partial charge in [0.2, 0.25) is 11.8 Å². The van der Waals surface area contributed by atoms with E-state index >= 15 is 0 Å². The number of hydrogen-bond acceptors (Lipinski definition) is 4. The third-order valence-corrected chi connectivity index (χ3v) is 6.40. The van der Waals surface area contributed by atoms with Gasteiger partial charge in [-0.15, -0.1) is 0 Å². The highest BCUT2D eigenvalue weighted by atomic mass is 32.2. The van der Waals surface area contributed by atoms with E-state index in [4.69, 9.17) is 0 Å². The van der Waals surface area contributed by atoms with E-state index in [0.717, 1.165) is 5.69 Å². The van der Waals surface area contributed by atoms with E-state index in [1.807, 2.05) is 30.3 Å². The van der Waals surface area contributed by atoms with Crippen LogP contribution >= 0.6 is 0 Å². The van der Waals surface area contributed by atoms with Gasteiger partial charge >= 0.3 is 0 Å². The van der Waals surface area contributed by atoms with Crippen LogP contribution in [0.3, 0.4) is 0 Å². The summed E-state index contributed by atoms with van der Waals surface area (Å²) in [5.74, 6) is -0.454. The van der Waals surface area contributed by atoms with Gasteiger partial charge in [-0.1, -0.05) is 18.2 Å². The van der Waals surface area contributed by atoms with Crippen LogP contribution in [0, 0.1) is 5.92 Å². The lowest BCUT2D eigenvalue weighted by molar-refractivity contribution is -0.136. The summed E-state index contributed by atoms with van der Waals surface area (Å²) in [6.45, 7) is 0.353. The predicted octanol–water partition coefficient (Wildman–Crippen LogP) is 0.685. The fourth-order valence-corrected chi connectivity index (χ4v) is 5.05. The number of hydrogen-bond donors (Lipinski definition) is 0. The van der Waals surface area contributed by atoms with E-state index in [9.17, 15) is 18.0 Å². The predicted molar refractivity (Wildman–Crippen MR) is 86.7 cm³/mol. The Morgan fingerprint density at radius 3 is 2.57 bits per heavy atom. The second kappa shape index (κ2) is 5.96. The minimum absolute atomic E-state index is 0.0261. The van der Waals surface area contributed by atoms with Crippen LogP contribution in [-0.2, 0) is 19.4 Å². The van der Waals surface area contributed by atoms with Crippen LogP contribution in [0.2, 0.25) is 0 Å². The maximum Gasteiger partial charge on any atom is 0.228 e. The second-order valence-electron chi connectivity index (χ2n) is 6.25. The average Bonchev–Trinajstić information content (AvgIpc) is 3.09. The third kappa shape index (κ3) is 3.24. The molecular formula is C16H20N2O4S. The molecule has 0 bridgehead atoms. The van der Waals surface area contributed by atoms with Crippen LogP contribution in [-0.4, -0.2) is 56.3 Å². The third-order valence-electron chi connectivity index (χ3n) is 4.65. The largest absolute Gasteiger partial charge is 0.341 e. The van der Waals surface area contributed by atoms with E-state index in [0.29, 0.717) is 13.0 Å². The highest BCUT2D eigenvalue weighted by Crippen LogP contribution is 2.27. The zero-order valence-electron chi connectivity index (χ0n) is 13.0. The zero-order valence-corrected chi connectivity index (χ0v) is 13.8. The van der Waals surface area contributed by atoms with Crippen LogP contribution < -0.4 is 4.90 Å². The molecule has 0 unspecified atom stereocenters. The molecule has 1 aromatic rings. The van der Waals surface area contributed by atoms with Crippen molar-refractivity contribution in [1.82, 2.24) is 4.90 Å². The van der Waals surface area contributed by atoms with Gasteiger partial charge in [-0.05, 0) is 18.6 Å². The van der Waals surface area contributed by atoms with Crippen molar-refractivity contribution in [3.8, 4) is 0 Å². The van der Waals surface area contributed by atoms with Crippen LogP contribution in [0.1, 0.15) is 12.8 Å². The highest BCUT2D eigenvalue weighted by molar-refractivity contribution is 7.91. The van der Waals surface area contributed by atoms with Crippen molar-refractivity contribution in [2.75, 3.05) is 30.0 Å². The quantitative estimate of drug-likeness (QED) is 0.814. The van der Waals surface area contributed by atoms with Gasteiger partial charge in [0.25, 0.3) is 0 Å². The molecule has 2 heterocycles. The normalized spacial score (nSPS) is 26.5. The molecule has 3 rings (SSSR count). The zero-order chi connectivity index (χ0) is 16.6. The monoisotopic (exact) mass is 336 g/mol. The van der Waals surface area contributed by atoms with Crippen molar-refractivity contribution in [1.29, 1.82) is 0 Å². The Morgan fingerprint density at radius 1 is 1.26 bits per heavy atom. The summed E-state index contributed by atoms with van der Waals surface area (Å²) in [7, 11) is -1.39. The second-order valence-corrected chi connectivity index (χ2v) is 8.48. The SMILES string of the molecule is CN(C(=O)[C@H]1CC(=O)N(c2ccccc2)C1)[C@H]1CCS(=O)(=O)C1. The molecule has 2 aliphatic heterocycles. The summed E-state index contributed by atoms with van der Waals surface area (Å²) >= 11 is 0. The lowest BCUT2D eigenvalue weighted by Crippen LogP contribution is -2.42. The highest BCUT2D eigenvalue weighted by Gasteiger charge is 2.40. The average molecular weight is 336 g/mol. The first kappa shape index (κ1) is 16.0. The number of anilines is 1. The van der Waals surface area contributed by atoms with Crippen molar-refractivity contribution in [2.24, 2.45) is 5.92 Å². The standard InChI is InChI=1S/C16H20N2O4S/c1-17(14-7-8-23(21,22)11-14)16(20)12-9-15(19)18(10-12)13-5-3-2-4-6-13/h2-6,12,14H,7-11H2,1H3/t12-,14-/m0/s1. The Morgan fingerprint density at radius 2 is 1.96 bits per heavy atom. The molecule has 2 aliphatic rings. The van der Waals surface area contributed by atoms with Crippen molar-refractivity contribution in [2.45, 2.75) is 18.9 Å². The number of carbonyl (C=O) groups is 2. The first-order valence-electron chi connectivity index (χ1n) is 7.70. The fraction of sp³-hybridized carbons (Fsp3) is 0.500. The van der Waals surface area contributed by atoms with Crippen LogP contribution in [0.4, 0.5) is 5.69 Å². The molecule has 0 aliphatic carbocycles. The van der Waals surface area contributed by atoms with Crippen LogP contribution in [0.25, 0.3) is 0 Å². The smallest absolute Gasteiger partial charge is 0.228 e. The minimum atomic E-state index is -3.03. The number of amides is 2. The number of sulfone groups is 1. The Hall–Kier alpha value is -1.89. The molecule has 0 radical (unpaired) electrons. The van der Waals surface area contributed by atoms with E-state index in [2.05, 4.69) is 0 Å². The Bertz CT molecular complexity index is 717. The topological polar surface area (TPSA) is 74.8 Å². The van der Waals surface area contributed by atoms with E-state index in [1.165, 1.54) is 4.90 Å². The number of benzene rings is 1. The summed E-state index contributed by atoms with van der Waals surface area (Å²) in [6, 6.07) is 9.01. The van der Waals surface area contributed by atoms with Crippen LogP contribution in [0.5, 0.6) is 0 Å². The summed E-state index contributed by atoms with van der Waals surface area (Å²) in [5, 5.41) is 0. The van der Waals surface area contributed by atoms with Crippen molar-refractivity contribution >= 4 is 27.3 Å². The van der Waals surface area contributed by atoms with E-state index in [1.54, 1.807) is 11.9 Å². The lowest BCUT2D eigenvalue weighted by atomic mass is 10.1. The maximum absolute atomic E-state index is 12.6. The summed E-state index contributed by atoms with van der Waals surface area (Å²) < 4.78 is 23.2. The molecule has 2 atom stereocenters. The van der Waals surface area contributed by atoms with Gasteiger partial charge in [-0.3, -0.25) is 9.59 Å². The summed E-state index contributed by atoms with van der Waals surface area (Å²) in [4.78, 5) is 28.0. The van der Waals surface area contributed by atoms with Gasteiger partial charge < -0.3 is 9.80 Å². The molecule has 1 aromatic carbocycles. The summed E-state index contributed by atoms with van der Waals surface area (Å²) in [6.07, 6.45) is 0.658. The molecule has 2 amide bonds. The molecule has 0 aromatic heterocycles. The lowest BCUT2D eigenvalue weighted by Gasteiger charge is -2.26. The molecule has 7 heteroatoms. The number of nitrogens with zero attached hydrogens (tertiary/aromatic N) is 2. The minimum Gasteiger partial charge on any atom is -0.341 e. The summed E-state index contributed by atoms with van der Waals surface area (Å²) in [5.41, 5.74) is 0.791. The molecule has 2 fully saturated rings. The van der Waals surface area contributed by atoms with Crippen molar-refractivity contribution < 1.29 is 18.0 Å². The fourth-order valence-electron chi connectivity index (χ4n) is 3.28. The maximum atomic E-state index is 12.6. The molecule has 124 valence electrons. The van der Waals surface area contributed by atoms with E-state index in [-0.39, 0.29) is 35.8 Å². The molecular weight excluding hydrogens is 316 g/mol. The molecule has 2 saturated heterocycles. The van der Waals surface area contributed by atoms with E-state index < -0.39 is 15.8 Å². The van der Waals surface area contributed by atoms with Gasteiger partial charge in [0.1, 0.15) is 0 Å². The van der Waals surface area contributed by atoms with Crippen molar-refractivity contribution in [3.63, 3.8) is 0 Å². The number of para-hydroxylation sites is 1. The molecule has 0 spiro atoms. The van der Waals surface area contributed by atoms with Gasteiger partial charge in [0, 0.05) is 31.7 Å². The Kier molecular flexibility index (Phi) is 4.14. The van der Waals surface area contributed by atoms with Gasteiger partial charge in [-0.2, -0.15) is 0 Å². The van der Waals surface area contributed by atoms with Gasteiger partial charge in [0.15, 0.2) is 9.84 Å². The van der Waals surface area contributed by atoms with Gasteiger partial charge in [0.05, 0.1) is 17.4 Å². The molecule has 0 saturated carbocycles. The molecule has 0 N–H and O–H groups in total. The molecule has 6 nitrogen and oxygen atoms in total. The Labute approximate surface area is 136 Å². The first-order chi connectivity index (χ1) is 10.9. The molecule has 23 heavy (non-hydrogen) atoms. The van der Waals surface area contributed by atoms with Crippen molar-refractivity contribution in [3.05, 3.63) is 30.3 Å². The number of carbonyl (C=O) groups excluding carboxylic acids is 2. The first-order valence-corrected chi connectivity index (χ1v) is 9.52. The van der Waals surface area contributed by atoms with Crippen LogP contribution in [0.15, 0.2) is 30.3 Å².